The number of aryl methyl sites for hydroxylation is 1. The Morgan fingerprint density at radius 1 is 1.06 bits per heavy atom. The molecule has 2 saturated heterocycles. The third-order valence-electron chi connectivity index (χ3n) is 12.1. The summed E-state index contributed by atoms with van der Waals surface area (Å²) in [7, 11) is 3.05. The van der Waals surface area contributed by atoms with Gasteiger partial charge in [-0.2, -0.15) is 5.26 Å². The number of aromatic hydroxyl groups is 2. The van der Waals surface area contributed by atoms with Gasteiger partial charge in [0, 0.05) is 46.6 Å². The molecule has 0 aliphatic carbocycles. The summed E-state index contributed by atoms with van der Waals surface area (Å²) in [5.74, 6) is 2.41. The first-order valence-electron chi connectivity index (χ1n) is 18.5. The minimum absolute atomic E-state index is 0.00823. The van der Waals surface area contributed by atoms with Crippen LogP contribution in [0, 0.1) is 25.2 Å². The van der Waals surface area contributed by atoms with Crippen molar-refractivity contribution in [3.63, 3.8) is 0 Å². The quantitative estimate of drug-likeness (QED) is 0.269. The highest BCUT2D eigenvalue weighted by atomic mass is 32.2. The van der Waals surface area contributed by atoms with Gasteiger partial charge in [0.05, 0.1) is 44.2 Å². The number of carbonyl (C=O) groups excluding carboxylic acids is 1. The Labute approximate surface area is 317 Å². The lowest BCUT2D eigenvalue weighted by Crippen LogP contribution is -2.69. The van der Waals surface area contributed by atoms with Gasteiger partial charge in [-0.3, -0.25) is 10.2 Å². The summed E-state index contributed by atoms with van der Waals surface area (Å²) in [6.45, 7) is 6.85. The molecule has 10 rings (SSSR count). The molecule has 2 fully saturated rings. The van der Waals surface area contributed by atoms with Crippen LogP contribution in [0.15, 0.2) is 18.2 Å². The average Bonchev–Trinajstić information content (AvgIpc) is 3.66. The lowest BCUT2D eigenvalue weighted by molar-refractivity contribution is -0.155. The highest BCUT2D eigenvalue weighted by molar-refractivity contribution is 7.99. The Kier molecular flexibility index (Phi) is 8.50. The van der Waals surface area contributed by atoms with Crippen molar-refractivity contribution in [1.82, 2.24) is 15.5 Å². The first-order chi connectivity index (χ1) is 26.2. The van der Waals surface area contributed by atoms with E-state index in [4.69, 9.17) is 28.4 Å². The lowest BCUT2D eigenvalue weighted by atomic mass is 9.72. The van der Waals surface area contributed by atoms with Gasteiger partial charge in [-0.15, -0.1) is 11.8 Å². The van der Waals surface area contributed by atoms with Crippen molar-refractivity contribution in [1.29, 1.82) is 5.26 Å². The Bertz CT molecular complexity index is 2120. The van der Waals surface area contributed by atoms with Crippen molar-refractivity contribution in [2.45, 2.75) is 81.0 Å². The van der Waals surface area contributed by atoms with Crippen molar-refractivity contribution in [2.75, 3.05) is 46.5 Å². The first kappa shape index (κ1) is 35.2. The van der Waals surface area contributed by atoms with Crippen LogP contribution in [0.3, 0.4) is 0 Å². The number of hydrogen-bond acceptors (Lipinski definition) is 14. The van der Waals surface area contributed by atoms with E-state index in [1.54, 1.807) is 31.0 Å². The van der Waals surface area contributed by atoms with E-state index < -0.39 is 40.9 Å². The summed E-state index contributed by atoms with van der Waals surface area (Å²) < 4.78 is 36.8. The average molecular weight is 757 g/mol. The summed E-state index contributed by atoms with van der Waals surface area (Å²) in [6.07, 6.45) is 1.89. The number of phenols is 2. The van der Waals surface area contributed by atoms with Crippen LogP contribution in [0.5, 0.6) is 40.2 Å². The van der Waals surface area contributed by atoms with Gasteiger partial charge >= 0.3 is 5.97 Å². The number of carbonyl (C=O) groups is 1. The number of methoxy groups -OCH3 is 2. The fourth-order valence-electron chi connectivity index (χ4n) is 9.90. The van der Waals surface area contributed by atoms with Crippen LogP contribution in [-0.4, -0.2) is 85.7 Å². The van der Waals surface area contributed by atoms with Gasteiger partial charge in [-0.05, 0) is 67.5 Å². The molecule has 0 amide bonds. The predicted octanol–water partition coefficient (Wildman–Crippen LogP) is 4.51. The minimum atomic E-state index is -1.29. The second-order valence-electron chi connectivity index (χ2n) is 14.9. The largest absolute Gasteiger partial charge is 0.504 e. The summed E-state index contributed by atoms with van der Waals surface area (Å²) >= 11 is 1.58. The van der Waals surface area contributed by atoms with Crippen molar-refractivity contribution < 1.29 is 43.4 Å². The van der Waals surface area contributed by atoms with Crippen molar-refractivity contribution in [2.24, 2.45) is 0 Å². The van der Waals surface area contributed by atoms with Crippen molar-refractivity contribution in [3.05, 3.63) is 62.7 Å². The topological polar surface area (TPSA) is 164 Å². The molecule has 13 nitrogen and oxygen atoms in total. The molecule has 54 heavy (non-hydrogen) atoms. The van der Waals surface area contributed by atoms with Crippen molar-refractivity contribution in [3.8, 4) is 46.3 Å². The molecule has 4 bridgehead atoms. The zero-order valence-corrected chi connectivity index (χ0v) is 31.7. The maximum absolute atomic E-state index is 14.7. The summed E-state index contributed by atoms with van der Waals surface area (Å²) in [6, 6.07) is 5.71. The fourth-order valence-corrected chi connectivity index (χ4v) is 11.6. The maximum atomic E-state index is 14.7. The van der Waals surface area contributed by atoms with Gasteiger partial charge in [0.25, 0.3) is 0 Å². The number of nitriles is 1. The molecule has 3 aromatic carbocycles. The SMILES string of the molecule is CCCOc1c(C)c2c(c3c1[C@H]1SC[C@]4(NCCc5cc(O)c(OC)cc54)C(=O)OC[C@@H]3N3C1[C@@H]1N[C@@H](Cc4cc(C)c(OC)c(O)c41)[C@@H]3C#N)OCO2. The van der Waals surface area contributed by atoms with Crippen LogP contribution in [0.1, 0.15) is 75.2 Å². The molecule has 4 N–H and O–H groups in total. The third kappa shape index (κ3) is 4.84. The summed E-state index contributed by atoms with van der Waals surface area (Å²) in [4.78, 5) is 16.9. The summed E-state index contributed by atoms with van der Waals surface area (Å²) in [5.41, 5.74) is 5.30. The van der Waals surface area contributed by atoms with Gasteiger partial charge in [-0.1, -0.05) is 13.0 Å². The molecule has 1 spiro atoms. The predicted molar refractivity (Wildman–Crippen MR) is 198 cm³/mol. The molecule has 0 saturated carbocycles. The first-order valence-corrected chi connectivity index (χ1v) is 19.6. The van der Waals surface area contributed by atoms with Crippen LogP contribution in [0.25, 0.3) is 0 Å². The van der Waals surface area contributed by atoms with Crippen LogP contribution < -0.4 is 34.3 Å². The molecular weight excluding hydrogens is 713 g/mol. The summed E-state index contributed by atoms with van der Waals surface area (Å²) in [5, 5.41) is 40.7. The number of benzene rings is 3. The number of hydrogen-bond donors (Lipinski definition) is 4. The molecule has 1 unspecified atom stereocenters. The van der Waals surface area contributed by atoms with Gasteiger partial charge in [0.2, 0.25) is 6.79 Å². The Morgan fingerprint density at radius 3 is 2.63 bits per heavy atom. The monoisotopic (exact) mass is 756 g/mol. The van der Waals surface area contributed by atoms with Crippen LogP contribution in [0.2, 0.25) is 0 Å². The number of thioether (sulfide) groups is 1. The van der Waals surface area contributed by atoms with E-state index in [1.165, 1.54) is 7.11 Å². The van der Waals surface area contributed by atoms with Gasteiger partial charge in [0.1, 0.15) is 18.4 Å². The number of fused-ring (bicyclic) bond motifs is 9. The third-order valence-corrected chi connectivity index (χ3v) is 13.6. The zero-order valence-electron chi connectivity index (χ0n) is 30.9. The molecule has 7 aliphatic heterocycles. The zero-order chi connectivity index (χ0) is 37.6. The minimum Gasteiger partial charge on any atom is -0.504 e. The highest BCUT2D eigenvalue weighted by Crippen LogP contribution is 2.63. The van der Waals surface area contributed by atoms with E-state index in [9.17, 15) is 20.3 Å². The van der Waals surface area contributed by atoms with Crippen LogP contribution >= 0.6 is 11.8 Å². The van der Waals surface area contributed by atoms with Gasteiger partial charge in [0.15, 0.2) is 40.0 Å². The van der Waals surface area contributed by atoms with Gasteiger partial charge < -0.3 is 44.0 Å². The number of piperazine rings is 1. The standard InChI is InChI=1S/C40H44N4O9S/c1-6-9-50-35-19(3)36-37(53-17-52-36)29-25-15-51-39(47)40(22-13-27(48-4)26(45)12-20(22)7-8-42-40)16-54-38(30(29)35)32-31-28-21(10-18(2)34(49-5)33(28)46)11-23(43-31)24(14-41)44(25)32/h10,12-13,23-25,31-32,38,42-43,45-46H,6-9,11,15-17H2,1-5H3/t23-,24-,25-,31+,32?,38+,40+/m0/s1. The Balaban J connectivity index is 1.31. The maximum Gasteiger partial charge on any atom is 0.331 e. The number of esters is 1. The number of nitrogens with zero attached hydrogens (tertiary/aromatic N) is 2. The van der Waals surface area contributed by atoms with E-state index >= 15 is 0 Å². The van der Waals surface area contributed by atoms with Crippen molar-refractivity contribution >= 4 is 17.7 Å². The fraction of sp³-hybridized carbons (Fsp3) is 0.500. The highest BCUT2D eigenvalue weighted by Gasteiger charge is 2.60. The molecule has 284 valence electrons. The molecular formula is C40H44N4O9S. The molecule has 7 atom stereocenters. The molecule has 7 aliphatic rings. The van der Waals surface area contributed by atoms with E-state index in [1.807, 2.05) is 13.8 Å². The van der Waals surface area contributed by atoms with E-state index in [0.29, 0.717) is 54.6 Å². The number of ether oxygens (including phenoxy) is 6. The Morgan fingerprint density at radius 2 is 1.87 bits per heavy atom. The number of rotatable bonds is 5. The number of nitrogens with one attached hydrogen (secondary N) is 2. The normalized spacial score (nSPS) is 28.9. The Hall–Kier alpha value is -4.55. The second kappa shape index (κ2) is 13.0. The smallest absolute Gasteiger partial charge is 0.331 e. The lowest BCUT2D eigenvalue weighted by Gasteiger charge is -2.59. The molecule has 0 aromatic heterocycles. The molecule has 14 heteroatoms. The van der Waals surface area contributed by atoms with E-state index in [0.717, 1.165) is 45.4 Å². The molecule has 0 radical (unpaired) electrons. The number of phenolic OH excluding ortho intramolecular Hbond substituents is 2. The molecule has 3 aromatic rings. The van der Waals surface area contributed by atoms with Crippen LogP contribution in [-0.2, 0) is 27.9 Å². The van der Waals surface area contributed by atoms with Gasteiger partial charge in [-0.25, -0.2) is 4.79 Å². The second-order valence-corrected chi connectivity index (χ2v) is 16.0. The van der Waals surface area contributed by atoms with E-state index in [-0.39, 0.29) is 42.4 Å². The van der Waals surface area contributed by atoms with E-state index in [2.05, 4.69) is 34.6 Å². The molecule has 7 heterocycles. The van der Waals surface area contributed by atoms with Crippen LogP contribution in [0.4, 0.5) is 0 Å².